The van der Waals surface area contributed by atoms with E-state index >= 15 is 0 Å². The molecule has 0 saturated heterocycles. The number of oxazole rings is 2. The minimum atomic E-state index is 0.457. The van der Waals surface area contributed by atoms with Crippen LogP contribution in [0, 0.1) is 0 Å². The molecule has 208 valence electrons. The van der Waals surface area contributed by atoms with Gasteiger partial charge in [-0.15, -0.1) is 34.0 Å². The Bertz CT molecular complexity index is 2380. The monoisotopic (exact) mass is 622 g/mol. The first kappa shape index (κ1) is 24.4. The molecule has 10 aromatic rings. The molecule has 5 nitrogen and oxygen atoms in total. The number of aromatic nitrogens is 2. The molecule has 6 heterocycles. The maximum absolute atomic E-state index is 6.27. The van der Waals surface area contributed by atoms with Crippen LogP contribution in [0.15, 0.2) is 122 Å². The first-order valence-electron chi connectivity index (χ1n) is 14.0. The van der Waals surface area contributed by atoms with Gasteiger partial charge >= 0.3 is 0 Å². The summed E-state index contributed by atoms with van der Waals surface area (Å²) in [5.41, 5.74) is 3.01. The lowest BCUT2D eigenvalue weighted by Crippen LogP contribution is -1.76. The van der Waals surface area contributed by atoms with E-state index in [0.717, 1.165) is 42.9 Å². The van der Waals surface area contributed by atoms with Crippen molar-refractivity contribution in [2.75, 3.05) is 0 Å². The zero-order chi connectivity index (χ0) is 28.8. The first-order valence-corrected chi connectivity index (χ1v) is 16.5. The highest BCUT2D eigenvalue weighted by molar-refractivity contribution is 7.27. The molecule has 0 aliphatic heterocycles. The molecule has 0 fully saturated rings. The van der Waals surface area contributed by atoms with Crippen LogP contribution in [0.25, 0.3) is 96.0 Å². The SMILES string of the molecule is c1ccc2sc(-c3ccc(-c4nc5cc6cc7oc(-c8ccc(-c9cc%10ccccc%10s9)s8)nc7cc6cc5o4)o3)cc2c1. The molecular formula is C36H18N2O3S3. The summed E-state index contributed by atoms with van der Waals surface area (Å²) >= 11 is 5.21. The van der Waals surface area contributed by atoms with Gasteiger partial charge in [-0.2, -0.15) is 0 Å². The second kappa shape index (κ2) is 9.24. The Balaban J connectivity index is 0.980. The number of benzene rings is 4. The van der Waals surface area contributed by atoms with E-state index < -0.39 is 0 Å². The summed E-state index contributed by atoms with van der Waals surface area (Å²) in [6.07, 6.45) is 0. The van der Waals surface area contributed by atoms with Gasteiger partial charge in [-0.1, -0.05) is 36.4 Å². The van der Waals surface area contributed by atoms with Crippen LogP contribution >= 0.6 is 34.0 Å². The Morgan fingerprint density at radius 1 is 0.409 bits per heavy atom. The fourth-order valence-electron chi connectivity index (χ4n) is 5.68. The average molecular weight is 623 g/mol. The maximum Gasteiger partial charge on any atom is 0.263 e. The van der Waals surface area contributed by atoms with Crippen molar-refractivity contribution >= 4 is 87.2 Å². The maximum atomic E-state index is 6.27. The van der Waals surface area contributed by atoms with Gasteiger partial charge < -0.3 is 13.3 Å². The average Bonchev–Trinajstić information content (AvgIpc) is 3.88. The summed E-state index contributed by atoms with van der Waals surface area (Å²) in [5.74, 6) is 2.49. The quantitative estimate of drug-likeness (QED) is 0.195. The molecule has 4 aromatic carbocycles. The number of rotatable bonds is 4. The van der Waals surface area contributed by atoms with Crippen molar-refractivity contribution < 1.29 is 13.3 Å². The van der Waals surface area contributed by atoms with E-state index in [0.29, 0.717) is 23.1 Å². The molecule has 0 aliphatic carbocycles. The third-order valence-corrected chi connectivity index (χ3v) is 11.3. The molecule has 0 saturated carbocycles. The van der Waals surface area contributed by atoms with Crippen LogP contribution in [0.2, 0.25) is 0 Å². The molecule has 10 rings (SSSR count). The number of hydrogen-bond donors (Lipinski definition) is 0. The molecule has 0 spiro atoms. The number of hydrogen-bond acceptors (Lipinski definition) is 8. The molecule has 0 aliphatic rings. The highest BCUT2D eigenvalue weighted by atomic mass is 32.1. The standard InChI is InChI=1S/C36H18N2O3S3/c1-3-7-29-19(5-1)17-33(42-29)25-9-10-26(39-25)35-37-23-13-21-16-28-24(14-22(21)15-27(23)40-35)38-36(41-28)32-12-11-31(44-32)34-18-20-6-2-4-8-30(20)43-34/h1-18H. The molecule has 0 bridgehead atoms. The Morgan fingerprint density at radius 3 is 1.73 bits per heavy atom. The van der Waals surface area contributed by atoms with Crippen molar-refractivity contribution in [1.82, 2.24) is 9.97 Å². The van der Waals surface area contributed by atoms with Gasteiger partial charge in [0.05, 0.1) is 9.75 Å². The number of furan rings is 1. The smallest absolute Gasteiger partial charge is 0.263 e. The molecule has 0 unspecified atom stereocenters. The predicted molar refractivity (Wildman–Crippen MR) is 182 cm³/mol. The Kier molecular flexibility index (Phi) is 5.13. The molecule has 44 heavy (non-hydrogen) atoms. The van der Waals surface area contributed by atoms with Crippen LogP contribution in [0.3, 0.4) is 0 Å². The van der Waals surface area contributed by atoms with Gasteiger partial charge in [0, 0.05) is 19.2 Å². The van der Waals surface area contributed by atoms with Gasteiger partial charge in [-0.25, -0.2) is 9.97 Å². The highest BCUT2D eigenvalue weighted by Gasteiger charge is 2.18. The van der Waals surface area contributed by atoms with E-state index in [1.54, 1.807) is 34.0 Å². The lowest BCUT2D eigenvalue weighted by atomic mass is 10.1. The van der Waals surface area contributed by atoms with Gasteiger partial charge in [-0.05, 0) is 94.3 Å². The molecule has 0 atom stereocenters. The summed E-state index contributed by atoms with van der Waals surface area (Å²) < 4.78 is 21.2. The van der Waals surface area contributed by atoms with Crippen molar-refractivity contribution in [3.05, 3.63) is 109 Å². The topological polar surface area (TPSA) is 65.2 Å². The van der Waals surface area contributed by atoms with E-state index in [4.69, 9.17) is 23.2 Å². The fourth-order valence-corrected chi connectivity index (χ4v) is 8.78. The molecule has 8 heteroatoms. The van der Waals surface area contributed by atoms with Crippen molar-refractivity contribution in [2.45, 2.75) is 0 Å². The number of thiophene rings is 3. The lowest BCUT2D eigenvalue weighted by molar-refractivity contribution is 0.544. The van der Waals surface area contributed by atoms with Gasteiger partial charge in [0.25, 0.3) is 5.89 Å². The first-order chi connectivity index (χ1) is 21.7. The van der Waals surface area contributed by atoms with Crippen molar-refractivity contribution in [1.29, 1.82) is 0 Å². The summed E-state index contributed by atoms with van der Waals surface area (Å²) in [5, 5.41) is 4.49. The largest absolute Gasteiger partial charge is 0.450 e. The van der Waals surface area contributed by atoms with Crippen LogP contribution in [-0.2, 0) is 0 Å². The molecule has 0 radical (unpaired) electrons. The van der Waals surface area contributed by atoms with Crippen LogP contribution in [0.1, 0.15) is 0 Å². The number of fused-ring (bicyclic) bond motifs is 5. The van der Waals surface area contributed by atoms with Crippen LogP contribution < -0.4 is 0 Å². The van der Waals surface area contributed by atoms with Gasteiger partial charge in [0.2, 0.25) is 5.89 Å². The molecule has 0 amide bonds. The Hall–Kier alpha value is -5.02. The Labute approximate surface area is 261 Å². The van der Waals surface area contributed by atoms with Crippen molar-refractivity contribution in [3.8, 4) is 42.8 Å². The van der Waals surface area contributed by atoms with E-state index in [1.807, 2.05) is 42.5 Å². The normalized spacial score (nSPS) is 12.1. The zero-order valence-electron chi connectivity index (χ0n) is 22.7. The van der Waals surface area contributed by atoms with Crippen LogP contribution in [0.4, 0.5) is 0 Å². The van der Waals surface area contributed by atoms with Crippen LogP contribution in [0.5, 0.6) is 0 Å². The van der Waals surface area contributed by atoms with Gasteiger partial charge in [0.15, 0.2) is 16.9 Å². The van der Waals surface area contributed by atoms with Gasteiger partial charge in [0.1, 0.15) is 16.8 Å². The molecule has 0 N–H and O–H groups in total. The molecular weight excluding hydrogens is 605 g/mol. The Morgan fingerprint density at radius 2 is 1.00 bits per heavy atom. The minimum absolute atomic E-state index is 0.457. The highest BCUT2D eigenvalue weighted by Crippen LogP contribution is 2.41. The van der Waals surface area contributed by atoms with Gasteiger partial charge in [-0.3, -0.25) is 0 Å². The van der Waals surface area contributed by atoms with Crippen LogP contribution in [-0.4, -0.2) is 9.97 Å². The second-order valence-corrected chi connectivity index (χ2v) is 13.9. The predicted octanol–water partition coefficient (Wildman–Crippen LogP) is 11.9. The molecule has 6 aromatic heterocycles. The summed E-state index contributed by atoms with van der Waals surface area (Å²) in [6.45, 7) is 0. The fraction of sp³-hybridized carbons (Fsp3) is 0. The summed E-state index contributed by atoms with van der Waals surface area (Å²) in [4.78, 5) is 14.2. The summed E-state index contributed by atoms with van der Waals surface area (Å²) in [6, 6.07) is 37.5. The lowest BCUT2D eigenvalue weighted by Gasteiger charge is -1.96. The second-order valence-electron chi connectivity index (χ2n) is 10.6. The van der Waals surface area contributed by atoms with E-state index in [2.05, 4.69) is 66.7 Å². The van der Waals surface area contributed by atoms with E-state index in [1.165, 1.54) is 29.9 Å². The number of nitrogens with zero attached hydrogens (tertiary/aromatic N) is 2. The van der Waals surface area contributed by atoms with E-state index in [-0.39, 0.29) is 0 Å². The third-order valence-electron chi connectivity index (χ3n) is 7.82. The summed E-state index contributed by atoms with van der Waals surface area (Å²) in [7, 11) is 0. The van der Waals surface area contributed by atoms with E-state index in [9.17, 15) is 0 Å². The van der Waals surface area contributed by atoms with Crippen molar-refractivity contribution in [2.24, 2.45) is 0 Å². The minimum Gasteiger partial charge on any atom is -0.450 e. The third kappa shape index (κ3) is 3.89. The zero-order valence-corrected chi connectivity index (χ0v) is 25.2. The van der Waals surface area contributed by atoms with Crippen molar-refractivity contribution in [3.63, 3.8) is 0 Å².